The number of ether oxygens (including phenoxy) is 1. The predicted octanol–water partition coefficient (Wildman–Crippen LogP) is 3.16. The maximum Gasteiger partial charge on any atom is 0.243 e. The number of rotatable bonds is 5. The lowest BCUT2D eigenvalue weighted by molar-refractivity contribution is -0.0469. The van der Waals surface area contributed by atoms with Crippen LogP contribution in [-0.2, 0) is 11.2 Å². The van der Waals surface area contributed by atoms with Crippen molar-refractivity contribution < 1.29 is 9.26 Å². The van der Waals surface area contributed by atoms with Gasteiger partial charge >= 0.3 is 0 Å². The van der Waals surface area contributed by atoms with Crippen molar-refractivity contribution in [3.8, 4) is 0 Å². The van der Waals surface area contributed by atoms with Crippen LogP contribution in [0.2, 0.25) is 0 Å². The molecule has 0 saturated carbocycles. The van der Waals surface area contributed by atoms with Gasteiger partial charge < -0.3 is 9.26 Å². The van der Waals surface area contributed by atoms with E-state index in [1.54, 1.807) is 0 Å². The molecule has 1 saturated heterocycles. The lowest BCUT2D eigenvalue weighted by Crippen LogP contribution is -2.40. The molecule has 118 valence electrons. The molecule has 1 aliphatic rings. The van der Waals surface area contributed by atoms with Gasteiger partial charge in [0.25, 0.3) is 0 Å². The first-order valence-electron chi connectivity index (χ1n) is 8.01. The molecule has 0 amide bonds. The highest BCUT2D eigenvalue weighted by Gasteiger charge is 2.28. The lowest BCUT2D eigenvalue weighted by atomic mass is 10.1. The summed E-state index contributed by atoms with van der Waals surface area (Å²) in [6.07, 6.45) is 2.00. The van der Waals surface area contributed by atoms with E-state index in [0.29, 0.717) is 5.89 Å². The molecule has 1 aromatic carbocycles. The Morgan fingerprint density at radius 3 is 2.91 bits per heavy atom. The third kappa shape index (κ3) is 3.36. The second-order valence-corrected chi connectivity index (χ2v) is 5.74. The second kappa shape index (κ2) is 7.03. The largest absolute Gasteiger partial charge is 0.371 e. The summed E-state index contributed by atoms with van der Waals surface area (Å²) in [5, 5.41) is 4.06. The molecule has 5 nitrogen and oxygen atoms in total. The van der Waals surface area contributed by atoms with Crippen LogP contribution in [0.25, 0.3) is 0 Å². The first-order valence-corrected chi connectivity index (χ1v) is 8.01. The van der Waals surface area contributed by atoms with Crippen LogP contribution in [0, 0.1) is 0 Å². The van der Waals surface area contributed by atoms with E-state index in [1.807, 2.05) is 6.07 Å². The Balaban J connectivity index is 1.68. The topological polar surface area (TPSA) is 51.4 Å². The second-order valence-electron chi connectivity index (χ2n) is 5.74. The summed E-state index contributed by atoms with van der Waals surface area (Å²) >= 11 is 0. The third-order valence-electron chi connectivity index (χ3n) is 4.13. The van der Waals surface area contributed by atoms with E-state index in [9.17, 15) is 0 Å². The Bertz CT molecular complexity index is 585. The van der Waals surface area contributed by atoms with Gasteiger partial charge in [-0.2, -0.15) is 4.98 Å². The zero-order valence-corrected chi connectivity index (χ0v) is 13.2. The molecule has 22 heavy (non-hydrogen) atoms. The van der Waals surface area contributed by atoms with Gasteiger partial charge in [-0.05, 0) is 18.9 Å². The van der Waals surface area contributed by atoms with E-state index >= 15 is 0 Å². The summed E-state index contributed by atoms with van der Waals surface area (Å²) < 4.78 is 11.3. The van der Waals surface area contributed by atoms with E-state index < -0.39 is 0 Å². The first kappa shape index (κ1) is 15.2. The van der Waals surface area contributed by atoms with Crippen LogP contribution in [-0.4, -0.2) is 34.7 Å². The molecule has 2 heterocycles. The van der Waals surface area contributed by atoms with Crippen LogP contribution in [0.15, 0.2) is 34.9 Å². The SMILES string of the molecule is CCCc1noc([C@H](C)N2CCO[C@@H](c3ccccc3)C2)n1. The van der Waals surface area contributed by atoms with Crippen LogP contribution in [0.4, 0.5) is 0 Å². The molecule has 1 fully saturated rings. The molecule has 0 spiro atoms. The highest BCUT2D eigenvalue weighted by Crippen LogP contribution is 2.27. The van der Waals surface area contributed by atoms with Crippen LogP contribution < -0.4 is 0 Å². The van der Waals surface area contributed by atoms with Crippen molar-refractivity contribution in [3.63, 3.8) is 0 Å². The normalized spacial score (nSPS) is 20.9. The van der Waals surface area contributed by atoms with Crippen molar-refractivity contribution in [1.29, 1.82) is 0 Å². The first-order chi connectivity index (χ1) is 10.8. The van der Waals surface area contributed by atoms with Crippen molar-refractivity contribution in [2.45, 2.75) is 38.8 Å². The summed E-state index contributed by atoms with van der Waals surface area (Å²) in [6.45, 7) is 6.69. The summed E-state index contributed by atoms with van der Waals surface area (Å²) in [7, 11) is 0. The van der Waals surface area contributed by atoms with E-state index in [-0.39, 0.29) is 12.1 Å². The minimum Gasteiger partial charge on any atom is -0.371 e. The molecule has 0 aliphatic carbocycles. The fraction of sp³-hybridized carbons (Fsp3) is 0.529. The number of nitrogens with zero attached hydrogens (tertiary/aromatic N) is 3. The molecule has 0 bridgehead atoms. The van der Waals surface area contributed by atoms with Crippen molar-refractivity contribution in [2.24, 2.45) is 0 Å². The van der Waals surface area contributed by atoms with Crippen LogP contribution in [0.3, 0.4) is 0 Å². The van der Waals surface area contributed by atoms with Crippen LogP contribution >= 0.6 is 0 Å². The molecule has 0 unspecified atom stereocenters. The summed E-state index contributed by atoms with van der Waals surface area (Å²) in [6, 6.07) is 10.5. The molecule has 3 rings (SSSR count). The van der Waals surface area contributed by atoms with Gasteiger partial charge in [0.15, 0.2) is 5.82 Å². The van der Waals surface area contributed by atoms with Gasteiger partial charge in [-0.3, -0.25) is 4.90 Å². The molecule has 2 atom stereocenters. The number of hydrogen-bond acceptors (Lipinski definition) is 5. The summed E-state index contributed by atoms with van der Waals surface area (Å²) in [5.41, 5.74) is 1.22. The Hall–Kier alpha value is -1.72. The van der Waals surface area contributed by atoms with Crippen molar-refractivity contribution in [1.82, 2.24) is 15.0 Å². The Morgan fingerprint density at radius 1 is 1.32 bits per heavy atom. The summed E-state index contributed by atoms with van der Waals surface area (Å²) in [4.78, 5) is 6.86. The highest BCUT2D eigenvalue weighted by molar-refractivity contribution is 5.18. The molecule has 1 aliphatic heterocycles. The van der Waals surface area contributed by atoms with Crippen LogP contribution in [0.5, 0.6) is 0 Å². The fourth-order valence-electron chi connectivity index (χ4n) is 2.81. The van der Waals surface area contributed by atoms with Gasteiger partial charge in [0.05, 0.1) is 18.8 Å². The summed E-state index contributed by atoms with van der Waals surface area (Å²) in [5.74, 6) is 1.51. The maximum atomic E-state index is 5.92. The van der Waals surface area contributed by atoms with Gasteiger partial charge in [-0.15, -0.1) is 0 Å². The fourth-order valence-corrected chi connectivity index (χ4v) is 2.81. The number of aryl methyl sites for hydroxylation is 1. The third-order valence-corrected chi connectivity index (χ3v) is 4.13. The Morgan fingerprint density at radius 2 is 2.14 bits per heavy atom. The number of hydrogen-bond donors (Lipinski definition) is 0. The van der Waals surface area contributed by atoms with E-state index in [0.717, 1.165) is 38.4 Å². The number of benzene rings is 1. The average Bonchev–Trinajstić information content (AvgIpc) is 3.04. The highest BCUT2D eigenvalue weighted by atomic mass is 16.5. The van der Waals surface area contributed by atoms with Gasteiger partial charge in [0, 0.05) is 19.5 Å². The minimum atomic E-state index is 0.107. The van der Waals surface area contributed by atoms with E-state index in [1.165, 1.54) is 5.56 Å². The molecule has 2 aromatic rings. The lowest BCUT2D eigenvalue weighted by Gasteiger charge is -2.35. The smallest absolute Gasteiger partial charge is 0.243 e. The monoisotopic (exact) mass is 301 g/mol. The molecule has 0 N–H and O–H groups in total. The zero-order valence-electron chi connectivity index (χ0n) is 13.2. The number of morpholine rings is 1. The molecular weight excluding hydrogens is 278 g/mol. The van der Waals surface area contributed by atoms with E-state index in [4.69, 9.17) is 9.26 Å². The molecule has 1 aromatic heterocycles. The molecule has 5 heteroatoms. The Kier molecular flexibility index (Phi) is 4.85. The van der Waals surface area contributed by atoms with Gasteiger partial charge in [-0.1, -0.05) is 42.4 Å². The van der Waals surface area contributed by atoms with Crippen LogP contribution in [0.1, 0.15) is 49.7 Å². The standard InChI is InChI=1S/C17H23N3O2/c1-3-7-16-18-17(22-19-16)13(2)20-10-11-21-15(12-20)14-8-5-4-6-9-14/h4-6,8-9,13,15H,3,7,10-12H2,1-2H3/t13-,15+/m0/s1. The molecular formula is C17H23N3O2. The van der Waals surface area contributed by atoms with Crippen molar-refractivity contribution in [3.05, 3.63) is 47.6 Å². The zero-order chi connectivity index (χ0) is 15.4. The van der Waals surface area contributed by atoms with Crippen molar-refractivity contribution in [2.75, 3.05) is 19.7 Å². The Labute approximate surface area is 131 Å². The predicted molar refractivity (Wildman–Crippen MR) is 83.4 cm³/mol. The van der Waals surface area contributed by atoms with Gasteiger partial charge in [0.2, 0.25) is 5.89 Å². The van der Waals surface area contributed by atoms with Crippen molar-refractivity contribution >= 4 is 0 Å². The average molecular weight is 301 g/mol. The molecule has 0 radical (unpaired) electrons. The maximum absolute atomic E-state index is 5.92. The minimum absolute atomic E-state index is 0.107. The quantitative estimate of drug-likeness (QED) is 0.849. The van der Waals surface area contributed by atoms with Gasteiger partial charge in [-0.25, -0.2) is 0 Å². The van der Waals surface area contributed by atoms with E-state index in [2.05, 4.69) is 53.2 Å². The van der Waals surface area contributed by atoms with Gasteiger partial charge in [0.1, 0.15) is 0 Å². The number of aromatic nitrogens is 2.